The summed E-state index contributed by atoms with van der Waals surface area (Å²) in [6.07, 6.45) is 2.19. The first kappa shape index (κ1) is 36.2. The largest absolute Gasteiger partial charge is 0.497 e. The van der Waals surface area contributed by atoms with Crippen LogP contribution in [0.2, 0.25) is 0 Å². The number of nitrogens with zero attached hydrogens (tertiary/aromatic N) is 2. The number of fused-ring (bicyclic) bond motifs is 1. The number of aliphatic hydroxyl groups excluding tert-OH is 1. The molecule has 3 aromatic carbocycles. The van der Waals surface area contributed by atoms with Crippen LogP contribution in [0.4, 0.5) is 17.1 Å². The lowest BCUT2D eigenvalue weighted by Crippen LogP contribution is -2.49. The van der Waals surface area contributed by atoms with Crippen LogP contribution in [0.1, 0.15) is 61.9 Å². The maximum atomic E-state index is 13.8. The van der Waals surface area contributed by atoms with Crippen LogP contribution >= 0.6 is 0 Å². The van der Waals surface area contributed by atoms with E-state index in [9.17, 15) is 19.5 Å². The topological polar surface area (TPSA) is 146 Å². The molecule has 1 aliphatic rings. The highest BCUT2D eigenvalue weighted by atomic mass is 16.5. The first-order valence-corrected chi connectivity index (χ1v) is 16.6. The molecule has 3 atom stereocenters. The minimum Gasteiger partial charge on any atom is -0.497 e. The zero-order valence-electron chi connectivity index (χ0n) is 28.4. The number of amides is 3. The van der Waals surface area contributed by atoms with Gasteiger partial charge < -0.3 is 35.8 Å². The average molecular weight is 660 g/mol. The molecule has 0 aromatic heterocycles. The lowest BCUT2D eigenvalue weighted by atomic mass is 9.98. The van der Waals surface area contributed by atoms with Crippen molar-refractivity contribution in [2.45, 2.75) is 64.6 Å². The fraction of sp³-hybridized carbons (Fsp3) is 0.432. The molecule has 258 valence electrons. The van der Waals surface area contributed by atoms with Gasteiger partial charge >= 0.3 is 0 Å². The van der Waals surface area contributed by atoms with Gasteiger partial charge in [-0.2, -0.15) is 0 Å². The SMILES string of the molecule is COc1ccc(CN(C)C[C@@H]2Oc3c(NC(=O)CCCCCC(=O)Nc4ccccc4N)cccc3C(=O)N([C@@H](C)CO)C[C@H]2C)cc1. The Labute approximate surface area is 283 Å². The van der Waals surface area contributed by atoms with Crippen LogP contribution in [0.25, 0.3) is 0 Å². The summed E-state index contributed by atoms with van der Waals surface area (Å²) in [6, 6.07) is 19.8. The summed E-state index contributed by atoms with van der Waals surface area (Å²) in [7, 11) is 3.66. The normalized spacial score (nSPS) is 16.7. The van der Waals surface area contributed by atoms with Crippen molar-refractivity contribution in [2.75, 3.05) is 50.2 Å². The van der Waals surface area contributed by atoms with Crippen molar-refractivity contribution >= 4 is 34.8 Å². The molecule has 3 amide bonds. The Morgan fingerprint density at radius 3 is 2.29 bits per heavy atom. The molecule has 0 unspecified atom stereocenters. The van der Waals surface area contributed by atoms with Gasteiger partial charge in [-0.05, 0) is 68.8 Å². The third-order valence-corrected chi connectivity index (χ3v) is 8.61. The predicted octanol–water partition coefficient (Wildman–Crippen LogP) is 5.16. The number of para-hydroxylation sites is 3. The summed E-state index contributed by atoms with van der Waals surface area (Å²) in [4.78, 5) is 43.1. The Kier molecular flexibility index (Phi) is 13.2. The number of nitrogens with two attached hydrogens (primary N) is 1. The van der Waals surface area contributed by atoms with E-state index in [-0.39, 0.29) is 42.8 Å². The number of likely N-dealkylation sites (N-methyl/N-ethyl adjacent to an activating group) is 1. The molecule has 1 heterocycles. The monoisotopic (exact) mass is 659 g/mol. The number of benzene rings is 3. The van der Waals surface area contributed by atoms with Gasteiger partial charge in [-0.25, -0.2) is 0 Å². The first-order valence-electron chi connectivity index (χ1n) is 16.6. The van der Waals surface area contributed by atoms with Crippen molar-refractivity contribution in [1.82, 2.24) is 9.80 Å². The van der Waals surface area contributed by atoms with Gasteiger partial charge in [-0.1, -0.05) is 43.7 Å². The third-order valence-electron chi connectivity index (χ3n) is 8.61. The van der Waals surface area contributed by atoms with Crippen LogP contribution in [0, 0.1) is 5.92 Å². The van der Waals surface area contributed by atoms with Crippen LogP contribution in [-0.2, 0) is 16.1 Å². The quantitative estimate of drug-likeness (QED) is 0.129. The Balaban J connectivity index is 1.41. The number of rotatable bonds is 15. The predicted molar refractivity (Wildman–Crippen MR) is 188 cm³/mol. The Morgan fingerprint density at radius 2 is 1.65 bits per heavy atom. The van der Waals surface area contributed by atoms with E-state index >= 15 is 0 Å². The summed E-state index contributed by atoms with van der Waals surface area (Å²) in [5.41, 5.74) is 8.90. The van der Waals surface area contributed by atoms with Gasteiger partial charge in [0.15, 0.2) is 5.75 Å². The maximum absolute atomic E-state index is 13.8. The Bertz CT molecular complexity index is 1530. The Morgan fingerprint density at radius 1 is 1.00 bits per heavy atom. The molecule has 11 nitrogen and oxygen atoms in total. The number of carbonyl (C=O) groups excluding carboxylic acids is 3. The van der Waals surface area contributed by atoms with E-state index in [2.05, 4.69) is 15.5 Å². The number of carbonyl (C=O) groups is 3. The second kappa shape index (κ2) is 17.5. The molecule has 0 saturated carbocycles. The lowest BCUT2D eigenvalue weighted by molar-refractivity contribution is -0.116. The van der Waals surface area contributed by atoms with Crippen LogP contribution < -0.4 is 25.8 Å². The van der Waals surface area contributed by atoms with Gasteiger partial charge in [-0.15, -0.1) is 0 Å². The van der Waals surface area contributed by atoms with Gasteiger partial charge in [0.05, 0.1) is 42.4 Å². The van der Waals surface area contributed by atoms with Crippen molar-refractivity contribution in [3.63, 3.8) is 0 Å². The highest BCUT2D eigenvalue weighted by molar-refractivity contribution is 6.01. The number of anilines is 3. The van der Waals surface area contributed by atoms with Gasteiger partial charge in [0.25, 0.3) is 5.91 Å². The van der Waals surface area contributed by atoms with E-state index in [1.54, 1.807) is 42.3 Å². The molecule has 0 spiro atoms. The highest BCUT2D eigenvalue weighted by Gasteiger charge is 2.34. The van der Waals surface area contributed by atoms with E-state index in [4.69, 9.17) is 15.2 Å². The summed E-state index contributed by atoms with van der Waals surface area (Å²) < 4.78 is 11.9. The fourth-order valence-corrected chi connectivity index (χ4v) is 5.76. The molecule has 5 N–H and O–H groups in total. The van der Waals surface area contributed by atoms with E-state index in [1.807, 2.05) is 57.3 Å². The lowest BCUT2D eigenvalue weighted by Gasteiger charge is -2.38. The van der Waals surface area contributed by atoms with E-state index in [0.717, 1.165) is 11.3 Å². The van der Waals surface area contributed by atoms with Crippen molar-refractivity contribution in [1.29, 1.82) is 0 Å². The molecule has 0 fully saturated rings. The summed E-state index contributed by atoms with van der Waals surface area (Å²) in [5.74, 6) is 0.473. The van der Waals surface area contributed by atoms with Crippen LogP contribution in [0.5, 0.6) is 11.5 Å². The fourth-order valence-electron chi connectivity index (χ4n) is 5.76. The second-order valence-corrected chi connectivity index (χ2v) is 12.6. The maximum Gasteiger partial charge on any atom is 0.258 e. The van der Waals surface area contributed by atoms with Crippen molar-refractivity contribution in [2.24, 2.45) is 5.92 Å². The molecular formula is C37H49N5O6. The number of nitrogen functional groups attached to an aromatic ring is 1. The zero-order chi connectivity index (χ0) is 34.6. The molecule has 0 radical (unpaired) electrons. The van der Waals surface area contributed by atoms with Gasteiger partial charge in [-0.3, -0.25) is 19.3 Å². The van der Waals surface area contributed by atoms with Gasteiger partial charge in [0.2, 0.25) is 11.8 Å². The summed E-state index contributed by atoms with van der Waals surface area (Å²) in [5, 5.41) is 15.8. The van der Waals surface area contributed by atoms with Crippen LogP contribution in [0.15, 0.2) is 66.7 Å². The second-order valence-electron chi connectivity index (χ2n) is 12.6. The van der Waals surface area contributed by atoms with Gasteiger partial charge in [0, 0.05) is 38.4 Å². The molecule has 0 saturated heterocycles. The molecule has 48 heavy (non-hydrogen) atoms. The average Bonchev–Trinajstić information content (AvgIpc) is 3.07. The smallest absolute Gasteiger partial charge is 0.258 e. The number of aliphatic hydroxyl groups is 1. The van der Waals surface area contributed by atoms with Crippen LogP contribution in [-0.4, -0.2) is 78.6 Å². The summed E-state index contributed by atoms with van der Waals surface area (Å²) >= 11 is 0. The highest BCUT2D eigenvalue weighted by Crippen LogP contribution is 2.35. The number of unbranched alkanes of at least 4 members (excludes halogenated alkanes) is 2. The molecular weight excluding hydrogens is 610 g/mol. The number of methoxy groups -OCH3 is 1. The van der Waals surface area contributed by atoms with Crippen molar-refractivity contribution < 1.29 is 29.0 Å². The van der Waals surface area contributed by atoms with E-state index in [1.165, 1.54) is 0 Å². The minimum atomic E-state index is -0.394. The molecule has 1 aliphatic heterocycles. The third kappa shape index (κ3) is 9.95. The zero-order valence-corrected chi connectivity index (χ0v) is 28.4. The molecule has 11 heteroatoms. The van der Waals surface area contributed by atoms with E-state index < -0.39 is 6.04 Å². The van der Waals surface area contributed by atoms with Crippen molar-refractivity contribution in [3.05, 3.63) is 77.9 Å². The summed E-state index contributed by atoms with van der Waals surface area (Å²) in [6.45, 7) is 5.35. The molecule has 4 rings (SSSR count). The molecule has 3 aromatic rings. The van der Waals surface area contributed by atoms with Crippen molar-refractivity contribution in [3.8, 4) is 11.5 Å². The van der Waals surface area contributed by atoms with Crippen LogP contribution in [0.3, 0.4) is 0 Å². The van der Waals surface area contributed by atoms with E-state index in [0.29, 0.717) is 73.7 Å². The first-order chi connectivity index (χ1) is 23.1. The Hall–Kier alpha value is -4.61. The number of hydrogen-bond donors (Lipinski definition) is 4. The number of nitrogens with one attached hydrogen (secondary N) is 2. The van der Waals surface area contributed by atoms with Gasteiger partial charge in [0.1, 0.15) is 11.9 Å². The standard InChI is InChI=1S/C37H49N5O6/c1-25-21-42(26(2)24-43)37(46)29-11-10-14-32(36(29)48-33(25)23-41(3)22-27-17-19-28(47-4)20-18-27)40-35(45)16-7-5-6-15-34(44)39-31-13-9-8-12-30(31)38/h8-14,17-20,25-26,33,43H,5-7,15-16,21-24,38H2,1-4H3,(H,39,44)(H,40,45)/t25-,26+,33+/m1/s1. The molecule has 0 aliphatic carbocycles. The molecule has 0 bridgehead atoms. The number of hydrogen-bond acceptors (Lipinski definition) is 8. The number of ether oxygens (including phenoxy) is 2. The minimum absolute atomic E-state index is 0.0753.